The number of thiazole rings is 1. The Hall–Kier alpha value is -1.94. The lowest BCUT2D eigenvalue weighted by Crippen LogP contribution is -1.96. The molecule has 0 aliphatic heterocycles. The van der Waals surface area contributed by atoms with Gasteiger partial charge in [-0.1, -0.05) is 0 Å². The van der Waals surface area contributed by atoms with E-state index in [1.54, 1.807) is 11.3 Å². The van der Waals surface area contributed by atoms with Crippen LogP contribution in [0.1, 0.15) is 15.4 Å². The Balaban J connectivity index is 2.03. The minimum Gasteiger partial charge on any atom is -0.341 e. The molecule has 1 aromatic carbocycles. The van der Waals surface area contributed by atoms with Gasteiger partial charge >= 0.3 is 0 Å². The first-order chi connectivity index (χ1) is 8.36. The van der Waals surface area contributed by atoms with Gasteiger partial charge in [-0.15, -0.1) is 11.3 Å². The van der Waals surface area contributed by atoms with E-state index in [2.05, 4.69) is 9.55 Å². The second kappa shape index (κ2) is 4.14. The van der Waals surface area contributed by atoms with Crippen LogP contribution in [0.3, 0.4) is 0 Å². The monoisotopic (exact) mass is 242 g/mol. The lowest BCUT2D eigenvalue weighted by Gasteiger charge is -2.02. The van der Waals surface area contributed by atoms with Crippen molar-refractivity contribution in [1.29, 1.82) is 0 Å². The van der Waals surface area contributed by atoms with Gasteiger partial charge in [-0.2, -0.15) is 0 Å². The molecule has 0 aliphatic rings. The SMILES string of the molecule is O=Cc1ccc2c(ccn2Cc2nccs2)c1. The molecule has 17 heavy (non-hydrogen) atoms. The third-order valence-corrected chi connectivity index (χ3v) is 3.48. The van der Waals surface area contributed by atoms with Gasteiger partial charge in [0.15, 0.2) is 0 Å². The first-order valence-corrected chi connectivity index (χ1v) is 6.17. The Morgan fingerprint density at radius 3 is 3.06 bits per heavy atom. The van der Waals surface area contributed by atoms with Gasteiger partial charge < -0.3 is 4.57 Å². The van der Waals surface area contributed by atoms with Crippen molar-refractivity contribution in [2.75, 3.05) is 0 Å². The molecule has 0 fully saturated rings. The number of carbonyl (C=O) groups excluding carboxylic acids is 1. The highest BCUT2D eigenvalue weighted by atomic mass is 32.1. The molecule has 0 aliphatic carbocycles. The van der Waals surface area contributed by atoms with Crippen LogP contribution in [-0.4, -0.2) is 15.8 Å². The molecule has 0 unspecified atom stereocenters. The second-order valence-electron chi connectivity index (χ2n) is 3.81. The molecule has 2 aromatic heterocycles. The van der Waals surface area contributed by atoms with Crippen LogP contribution in [0, 0.1) is 0 Å². The summed E-state index contributed by atoms with van der Waals surface area (Å²) in [5, 5.41) is 4.15. The molecule has 0 saturated carbocycles. The van der Waals surface area contributed by atoms with Gasteiger partial charge in [0.05, 0.1) is 6.54 Å². The van der Waals surface area contributed by atoms with E-state index in [1.165, 1.54) is 0 Å². The molecule has 2 heterocycles. The van der Waals surface area contributed by atoms with Crippen molar-refractivity contribution in [2.45, 2.75) is 6.54 Å². The average Bonchev–Trinajstić information content (AvgIpc) is 2.99. The zero-order chi connectivity index (χ0) is 11.7. The standard InChI is InChI=1S/C13H10N2OS/c16-9-10-1-2-12-11(7-10)3-5-15(12)8-13-14-4-6-17-13/h1-7,9H,8H2. The van der Waals surface area contributed by atoms with Crippen molar-refractivity contribution in [3.63, 3.8) is 0 Å². The molecule has 3 rings (SSSR count). The predicted molar refractivity (Wildman–Crippen MR) is 68.5 cm³/mol. The largest absolute Gasteiger partial charge is 0.341 e. The smallest absolute Gasteiger partial charge is 0.150 e. The molecule has 0 N–H and O–H groups in total. The van der Waals surface area contributed by atoms with Gasteiger partial charge in [-0.05, 0) is 24.3 Å². The molecular weight excluding hydrogens is 232 g/mol. The normalized spacial score (nSPS) is 10.8. The number of fused-ring (bicyclic) bond motifs is 1. The lowest BCUT2D eigenvalue weighted by molar-refractivity contribution is 0.112. The molecule has 0 radical (unpaired) electrons. The third kappa shape index (κ3) is 1.87. The fourth-order valence-electron chi connectivity index (χ4n) is 1.91. The van der Waals surface area contributed by atoms with Crippen molar-refractivity contribution in [1.82, 2.24) is 9.55 Å². The number of carbonyl (C=O) groups is 1. The maximum Gasteiger partial charge on any atom is 0.150 e. The van der Waals surface area contributed by atoms with Crippen LogP contribution in [0.15, 0.2) is 42.0 Å². The average molecular weight is 242 g/mol. The highest BCUT2D eigenvalue weighted by Crippen LogP contribution is 2.19. The molecule has 0 bridgehead atoms. The molecular formula is C13H10N2OS. The Morgan fingerprint density at radius 1 is 1.35 bits per heavy atom. The molecule has 3 nitrogen and oxygen atoms in total. The summed E-state index contributed by atoms with van der Waals surface area (Å²) in [6.07, 6.45) is 4.72. The van der Waals surface area contributed by atoms with Crippen LogP contribution >= 0.6 is 11.3 Å². The van der Waals surface area contributed by atoms with E-state index in [1.807, 2.05) is 42.0 Å². The highest BCUT2D eigenvalue weighted by molar-refractivity contribution is 7.09. The summed E-state index contributed by atoms with van der Waals surface area (Å²) in [6.45, 7) is 0.779. The predicted octanol–water partition coefficient (Wildman–Crippen LogP) is 2.96. The molecule has 0 saturated heterocycles. The maximum absolute atomic E-state index is 10.7. The van der Waals surface area contributed by atoms with Crippen LogP contribution in [0.25, 0.3) is 10.9 Å². The summed E-state index contributed by atoms with van der Waals surface area (Å²) in [5.41, 5.74) is 1.84. The zero-order valence-corrected chi connectivity index (χ0v) is 9.85. The first-order valence-electron chi connectivity index (χ1n) is 5.29. The topological polar surface area (TPSA) is 34.9 Å². The number of hydrogen-bond acceptors (Lipinski definition) is 3. The summed E-state index contributed by atoms with van der Waals surface area (Å²) in [5.74, 6) is 0. The molecule has 3 aromatic rings. The van der Waals surface area contributed by atoms with Crippen molar-refractivity contribution >= 4 is 28.5 Å². The summed E-state index contributed by atoms with van der Waals surface area (Å²) >= 11 is 1.65. The van der Waals surface area contributed by atoms with Crippen LogP contribution < -0.4 is 0 Å². The molecule has 0 atom stereocenters. The van der Waals surface area contributed by atoms with E-state index < -0.39 is 0 Å². The van der Waals surface area contributed by atoms with Crippen LogP contribution in [0.5, 0.6) is 0 Å². The number of rotatable bonds is 3. The summed E-state index contributed by atoms with van der Waals surface area (Å²) < 4.78 is 2.14. The molecule has 0 spiro atoms. The zero-order valence-electron chi connectivity index (χ0n) is 9.04. The minimum atomic E-state index is 0.712. The van der Waals surface area contributed by atoms with E-state index in [9.17, 15) is 4.79 Å². The first kappa shape index (κ1) is 10.2. The molecule has 84 valence electrons. The molecule has 4 heteroatoms. The van der Waals surface area contributed by atoms with Gasteiger partial charge in [0.25, 0.3) is 0 Å². The molecule has 0 amide bonds. The summed E-state index contributed by atoms with van der Waals surface area (Å²) in [7, 11) is 0. The number of aromatic nitrogens is 2. The summed E-state index contributed by atoms with van der Waals surface area (Å²) in [4.78, 5) is 15.0. The number of aldehydes is 1. The highest BCUT2D eigenvalue weighted by Gasteiger charge is 2.03. The fraction of sp³-hybridized carbons (Fsp3) is 0.0769. The van der Waals surface area contributed by atoms with Crippen LogP contribution in [0.4, 0.5) is 0 Å². The van der Waals surface area contributed by atoms with Crippen molar-refractivity contribution in [3.05, 3.63) is 52.6 Å². The van der Waals surface area contributed by atoms with Gasteiger partial charge in [-0.3, -0.25) is 4.79 Å². The van der Waals surface area contributed by atoms with Gasteiger partial charge in [0, 0.05) is 34.2 Å². The fourth-order valence-corrected chi connectivity index (χ4v) is 2.52. The van der Waals surface area contributed by atoms with Gasteiger partial charge in [0.1, 0.15) is 11.3 Å². The van der Waals surface area contributed by atoms with Crippen LogP contribution in [0.2, 0.25) is 0 Å². The van der Waals surface area contributed by atoms with E-state index in [0.717, 1.165) is 28.7 Å². The van der Waals surface area contributed by atoms with Gasteiger partial charge in [-0.25, -0.2) is 4.98 Å². The Kier molecular flexibility index (Phi) is 2.49. The minimum absolute atomic E-state index is 0.712. The van der Waals surface area contributed by atoms with Crippen LogP contribution in [-0.2, 0) is 6.54 Å². The van der Waals surface area contributed by atoms with Crippen molar-refractivity contribution in [2.24, 2.45) is 0 Å². The third-order valence-electron chi connectivity index (χ3n) is 2.72. The Bertz CT molecular complexity index is 655. The second-order valence-corrected chi connectivity index (χ2v) is 4.78. The lowest BCUT2D eigenvalue weighted by atomic mass is 10.2. The Morgan fingerprint density at radius 2 is 2.29 bits per heavy atom. The van der Waals surface area contributed by atoms with E-state index >= 15 is 0 Å². The van der Waals surface area contributed by atoms with E-state index in [-0.39, 0.29) is 0 Å². The number of benzene rings is 1. The van der Waals surface area contributed by atoms with E-state index in [0.29, 0.717) is 5.56 Å². The van der Waals surface area contributed by atoms with E-state index in [4.69, 9.17) is 0 Å². The van der Waals surface area contributed by atoms with Crippen molar-refractivity contribution in [3.8, 4) is 0 Å². The number of hydrogen-bond donors (Lipinski definition) is 0. The van der Waals surface area contributed by atoms with Crippen molar-refractivity contribution < 1.29 is 4.79 Å². The Labute approximate surface area is 102 Å². The maximum atomic E-state index is 10.7. The number of nitrogens with zero attached hydrogens (tertiary/aromatic N) is 2. The summed E-state index contributed by atoms with van der Waals surface area (Å²) in [6, 6.07) is 7.75. The quantitative estimate of drug-likeness (QED) is 0.662. The van der Waals surface area contributed by atoms with Gasteiger partial charge in [0.2, 0.25) is 0 Å².